The molecule has 8 heteroatoms. The summed E-state index contributed by atoms with van der Waals surface area (Å²) in [6.07, 6.45) is 11.4. The molecule has 0 radical (unpaired) electrons. The minimum atomic E-state index is -0.0322. The van der Waals surface area contributed by atoms with E-state index < -0.39 is 0 Å². The van der Waals surface area contributed by atoms with Crippen LogP contribution in [-0.2, 0) is 0 Å². The molecule has 5 saturated heterocycles. The highest BCUT2D eigenvalue weighted by Crippen LogP contribution is 2.28. The van der Waals surface area contributed by atoms with E-state index in [1.807, 2.05) is 0 Å². The number of carbonyl (C=O) groups excluding carboxylic acids is 1. The maximum Gasteiger partial charge on any atom is 0.315 e. The van der Waals surface area contributed by atoms with Crippen LogP contribution in [0.3, 0.4) is 0 Å². The Morgan fingerprint density at radius 3 is 2.68 bits per heavy atom. The Kier molecular flexibility index (Phi) is 8.26. The highest BCUT2D eigenvalue weighted by Gasteiger charge is 2.44. The van der Waals surface area contributed by atoms with Gasteiger partial charge in [0, 0.05) is 69.9 Å². The molecule has 6 fully saturated rings. The first-order valence-electron chi connectivity index (χ1n) is 14.3. The summed E-state index contributed by atoms with van der Waals surface area (Å²) in [6, 6.07) is 3.07. The monoisotopic (exact) mass is 473 g/mol. The van der Waals surface area contributed by atoms with Gasteiger partial charge < -0.3 is 25.8 Å². The number of amides is 2. The van der Waals surface area contributed by atoms with Crippen molar-refractivity contribution in [3.63, 3.8) is 0 Å². The summed E-state index contributed by atoms with van der Waals surface area (Å²) in [5.74, 6) is 1.76. The van der Waals surface area contributed by atoms with Crippen molar-refractivity contribution < 1.29 is 15.0 Å². The van der Waals surface area contributed by atoms with E-state index in [9.17, 15) is 10.1 Å². The topological polar surface area (TPSA) is 92.4 Å². The van der Waals surface area contributed by atoms with Gasteiger partial charge in [-0.25, -0.2) is 4.79 Å². The number of quaternary nitrogens is 2. The third kappa shape index (κ3) is 6.04. The molecule has 2 amide bonds. The Morgan fingerprint density at radius 2 is 1.94 bits per heavy atom. The quantitative estimate of drug-likeness (QED) is 0.413. The number of fused-ring (bicyclic) bond motifs is 3. The molecule has 8 nitrogen and oxygen atoms in total. The smallest absolute Gasteiger partial charge is 0.315 e. The first kappa shape index (κ1) is 24.3. The van der Waals surface area contributed by atoms with Gasteiger partial charge >= 0.3 is 6.03 Å². The Hall–Kier alpha value is -1.40. The van der Waals surface area contributed by atoms with Gasteiger partial charge in [-0.1, -0.05) is 6.42 Å². The molecule has 1 saturated carbocycles. The van der Waals surface area contributed by atoms with Crippen LogP contribution >= 0.6 is 0 Å². The van der Waals surface area contributed by atoms with Crippen molar-refractivity contribution in [2.24, 2.45) is 17.8 Å². The van der Waals surface area contributed by atoms with Crippen LogP contribution in [0.15, 0.2) is 0 Å². The van der Waals surface area contributed by atoms with E-state index in [2.05, 4.69) is 31.8 Å². The van der Waals surface area contributed by atoms with Crippen molar-refractivity contribution in [2.75, 3.05) is 58.9 Å². The number of rotatable bonds is 6. The highest BCUT2D eigenvalue weighted by molar-refractivity contribution is 5.74. The molecule has 34 heavy (non-hydrogen) atoms. The largest absolute Gasteiger partial charge is 0.335 e. The summed E-state index contributed by atoms with van der Waals surface area (Å²) in [4.78, 5) is 19.7. The number of nitrogens with zero attached hydrogens (tertiary/aromatic N) is 3. The molecular formula is C26H47N7O+2. The molecule has 1 aliphatic carbocycles. The van der Waals surface area contributed by atoms with Crippen LogP contribution in [0.2, 0.25) is 0 Å². The van der Waals surface area contributed by atoms with Gasteiger partial charge in [0.15, 0.2) is 0 Å². The van der Waals surface area contributed by atoms with Crippen molar-refractivity contribution >= 4 is 6.03 Å². The average Bonchev–Trinajstić information content (AvgIpc) is 2.89. The van der Waals surface area contributed by atoms with Crippen molar-refractivity contribution in [1.29, 1.82) is 5.26 Å². The van der Waals surface area contributed by atoms with Crippen LogP contribution in [0.25, 0.3) is 0 Å². The number of urea groups is 1. The second-order valence-corrected chi connectivity index (χ2v) is 11.8. The third-order valence-corrected chi connectivity index (χ3v) is 9.65. The van der Waals surface area contributed by atoms with E-state index in [0.717, 1.165) is 50.2 Å². The molecule has 7 atom stereocenters. The van der Waals surface area contributed by atoms with Crippen LogP contribution in [0.1, 0.15) is 57.8 Å². The van der Waals surface area contributed by atoms with Gasteiger partial charge in [0.1, 0.15) is 12.2 Å². The lowest BCUT2D eigenvalue weighted by atomic mass is 9.75. The highest BCUT2D eigenvalue weighted by atomic mass is 16.2. The maximum absolute atomic E-state index is 12.5. The number of nitrogens with one attached hydrogen (secondary N) is 3. The number of nitrogens with two attached hydrogens (primary N) is 1. The molecule has 2 bridgehead atoms. The third-order valence-electron chi connectivity index (χ3n) is 9.65. The summed E-state index contributed by atoms with van der Waals surface area (Å²) < 4.78 is 0. The first-order chi connectivity index (χ1) is 16.7. The van der Waals surface area contributed by atoms with Crippen molar-refractivity contribution in [3.8, 4) is 6.07 Å². The summed E-state index contributed by atoms with van der Waals surface area (Å²) in [5, 5.41) is 18.1. The normalized spacial score (nSPS) is 39.3. The predicted molar refractivity (Wildman–Crippen MR) is 131 cm³/mol. The Morgan fingerprint density at radius 1 is 1.06 bits per heavy atom. The first-order valence-corrected chi connectivity index (χ1v) is 14.3. The lowest BCUT2D eigenvalue weighted by molar-refractivity contribution is -0.945. The fraction of sp³-hybridized carbons (Fsp3) is 0.923. The molecule has 0 aromatic heterocycles. The molecule has 190 valence electrons. The summed E-state index contributed by atoms with van der Waals surface area (Å²) >= 11 is 0. The lowest BCUT2D eigenvalue weighted by Gasteiger charge is -2.49. The molecule has 5 heterocycles. The molecule has 5 N–H and O–H groups in total. The van der Waals surface area contributed by atoms with Gasteiger partial charge in [-0.05, 0) is 38.0 Å². The molecule has 6 aliphatic rings. The minimum absolute atomic E-state index is 0.0322. The maximum atomic E-state index is 12.5. The van der Waals surface area contributed by atoms with Crippen molar-refractivity contribution in [2.45, 2.75) is 76.0 Å². The van der Waals surface area contributed by atoms with E-state index in [0.29, 0.717) is 6.04 Å². The Balaban J connectivity index is 1.01. The Labute approximate surface area is 205 Å². The molecule has 0 aromatic rings. The van der Waals surface area contributed by atoms with Crippen LogP contribution in [0, 0.1) is 29.1 Å². The molecular weight excluding hydrogens is 426 g/mol. The number of carbonyl (C=O) groups is 1. The van der Waals surface area contributed by atoms with E-state index in [1.54, 1.807) is 4.90 Å². The zero-order valence-corrected chi connectivity index (χ0v) is 21.0. The van der Waals surface area contributed by atoms with E-state index >= 15 is 0 Å². The van der Waals surface area contributed by atoms with Crippen LogP contribution in [-0.4, -0.2) is 93.0 Å². The number of piperazine rings is 1. The predicted octanol–water partition coefficient (Wildman–Crippen LogP) is -0.648. The van der Waals surface area contributed by atoms with Gasteiger partial charge in [0.2, 0.25) is 0 Å². The molecule has 4 unspecified atom stereocenters. The van der Waals surface area contributed by atoms with Crippen molar-refractivity contribution in [3.05, 3.63) is 0 Å². The average molecular weight is 474 g/mol. The van der Waals surface area contributed by atoms with Crippen molar-refractivity contribution in [1.82, 2.24) is 20.4 Å². The van der Waals surface area contributed by atoms with E-state index in [1.165, 1.54) is 84.5 Å². The van der Waals surface area contributed by atoms with Gasteiger partial charge in [-0.2, -0.15) is 5.26 Å². The zero-order chi connectivity index (χ0) is 23.3. The second-order valence-electron chi connectivity index (χ2n) is 11.8. The van der Waals surface area contributed by atoms with Gasteiger partial charge in [0.25, 0.3) is 0 Å². The van der Waals surface area contributed by atoms with Crippen LogP contribution < -0.4 is 20.9 Å². The fourth-order valence-corrected chi connectivity index (χ4v) is 7.62. The van der Waals surface area contributed by atoms with Gasteiger partial charge in [-0.3, -0.25) is 4.90 Å². The summed E-state index contributed by atoms with van der Waals surface area (Å²) in [6.45, 7) is 10.9. The molecule has 6 rings (SSSR count). The minimum Gasteiger partial charge on any atom is -0.335 e. The number of hydrogen-bond acceptors (Lipinski definition) is 4. The number of nitriles is 1. The summed E-state index contributed by atoms with van der Waals surface area (Å²) in [5.41, 5.74) is 0. The number of hydrogen-bond donors (Lipinski definition) is 4. The van der Waals surface area contributed by atoms with E-state index in [-0.39, 0.29) is 18.0 Å². The Bertz CT molecular complexity index is 712. The molecule has 5 aliphatic heterocycles. The fourth-order valence-electron chi connectivity index (χ4n) is 7.62. The number of piperidine rings is 4. The standard InChI is InChI=1S/C26H45N7O/c27-16-20-4-3-5-23(14-20)30-26(34)29-17-24-15-21-7-9-33(24)19-22(21)18-31-10-12-32(13-11-31)25-6-1-2-8-28-25/h20-25,28H,1-15,17-19H2,(H2,29,30,34)/p+2/t20?,21-,22+,23?,24+,25?/m0/s1. The van der Waals surface area contributed by atoms with Crippen LogP contribution in [0.5, 0.6) is 0 Å². The van der Waals surface area contributed by atoms with E-state index in [4.69, 9.17) is 0 Å². The zero-order valence-electron chi connectivity index (χ0n) is 21.0. The molecule has 0 spiro atoms. The van der Waals surface area contributed by atoms with Gasteiger partial charge in [-0.15, -0.1) is 0 Å². The van der Waals surface area contributed by atoms with Gasteiger partial charge in [0.05, 0.1) is 32.2 Å². The molecule has 0 aromatic carbocycles. The second kappa shape index (κ2) is 11.6. The summed E-state index contributed by atoms with van der Waals surface area (Å²) in [7, 11) is 0. The SMILES string of the molecule is N#CC1CCCC(NC(=O)NC[C@H]2C[C@@H]3CC[NH+]2C[C@H]3CN2CCN(C3CCCC[NH2+]3)CC2)C1. The lowest BCUT2D eigenvalue weighted by Crippen LogP contribution is -3.20. The van der Waals surface area contributed by atoms with Crippen LogP contribution in [0.4, 0.5) is 4.79 Å².